The van der Waals surface area contributed by atoms with Crippen LogP contribution in [0.3, 0.4) is 0 Å². The highest BCUT2D eigenvalue weighted by atomic mass is 16.7. The first-order valence-electron chi connectivity index (χ1n) is 7.78. The second-order valence-corrected chi connectivity index (χ2v) is 7.03. The van der Waals surface area contributed by atoms with E-state index in [1.165, 1.54) is 0 Å². The molecule has 0 amide bonds. The van der Waals surface area contributed by atoms with Crippen LogP contribution in [0.25, 0.3) is 0 Å². The van der Waals surface area contributed by atoms with Gasteiger partial charge in [-0.05, 0) is 34.1 Å². The number of aromatic nitrogens is 2. The Morgan fingerprint density at radius 1 is 1.14 bits per heavy atom. The van der Waals surface area contributed by atoms with Crippen LogP contribution < -0.4 is 10.4 Å². The number of nitrogens with zero attached hydrogens (tertiary/aromatic N) is 3. The Morgan fingerprint density at radius 2 is 1.73 bits per heavy atom. The molecule has 1 aromatic heterocycles. The Labute approximate surface area is 132 Å². The maximum absolute atomic E-state index is 6.01. The second-order valence-electron chi connectivity index (χ2n) is 7.03. The molecule has 7 heteroatoms. The van der Waals surface area contributed by atoms with Crippen molar-refractivity contribution in [2.45, 2.75) is 51.4 Å². The monoisotopic (exact) mass is 305 g/mol. The molecule has 0 aliphatic carbocycles. The zero-order valence-corrected chi connectivity index (χ0v) is 14.0. The van der Waals surface area contributed by atoms with Gasteiger partial charge in [-0.2, -0.15) is 0 Å². The quantitative estimate of drug-likeness (QED) is 0.777. The van der Waals surface area contributed by atoms with Crippen LogP contribution >= 0.6 is 0 Å². The van der Waals surface area contributed by atoms with Crippen molar-refractivity contribution in [1.82, 2.24) is 9.97 Å². The molecule has 2 aliphatic rings. The van der Waals surface area contributed by atoms with E-state index in [2.05, 4.69) is 14.9 Å². The minimum Gasteiger partial charge on any atom is -0.399 e. The number of likely N-dealkylation sites (N-methyl/N-ethyl adjacent to an activating group) is 1. The van der Waals surface area contributed by atoms with Crippen LogP contribution in [0.1, 0.15) is 34.1 Å². The highest BCUT2D eigenvalue weighted by molar-refractivity contribution is 6.61. The van der Waals surface area contributed by atoms with Gasteiger partial charge in [0.05, 0.1) is 23.9 Å². The molecule has 0 aromatic carbocycles. The number of rotatable bonds is 3. The minimum absolute atomic E-state index is 0.350. The Kier molecular flexibility index (Phi) is 3.91. The molecule has 2 saturated heterocycles. The van der Waals surface area contributed by atoms with Gasteiger partial charge in [0.15, 0.2) is 0 Å². The van der Waals surface area contributed by atoms with Crippen molar-refractivity contribution in [3.8, 4) is 0 Å². The lowest BCUT2D eigenvalue weighted by molar-refractivity contribution is 0.00578. The van der Waals surface area contributed by atoms with Gasteiger partial charge in [0.2, 0.25) is 5.95 Å². The largest absolute Gasteiger partial charge is 0.498 e. The fourth-order valence-electron chi connectivity index (χ4n) is 2.61. The van der Waals surface area contributed by atoms with Crippen LogP contribution in [0.2, 0.25) is 0 Å². The van der Waals surface area contributed by atoms with Gasteiger partial charge in [-0.1, -0.05) is 0 Å². The van der Waals surface area contributed by atoms with E-state index in [9.17, 15) is 0 Å². The van der Waals surface area contributed by atoms with Gasteiger partial charge in [0, 0.05) is 31.5 Å². The molecule has 2 aliphatic heterocycles. The molecular formula is C15H24BN3O3. The molecule has 1 aromatic rings. The van der Waals surface area contributed by atoms with E-state index in [0.29, 0.717) is 12.0 Å². The van der Waals surface area contributed by atoms with Crippen LogP contribution in [0.5, 0.6) is 0 Å². The Balaban J connectivity index is 1.72. The van der Waals surface area contributed by atoms with E-state index in [1.54, 1.807) is 12.4 Å². The van der Waals surface area contributed by atoms with Gasteiger partial charge < -0.3 is 18.9 Å². The Morgan fingerprint density at radius 3 is 2.23 bits per heavy atom. The number of hydrogen-bond donors (Lipinski definition) is 0. The maximum Gasteiger partial charge on any atom is 0.498 e. The van der Waals surface area contributed by atoms with Gasteiger partial charge in [-0.3, -0.25) is 0 Å². The first-order valence-corrected chi connectivity index (χ1v) is 7.78. The lowest BCUT2D eigenvalue weighted by atomic mass is 9.81. The van der Waals surface area contributed by atoms with Crippen LogP contribution in [-0.4, -0.2) is 54.6 Å². The maximum atomic E-state index is 6.01. The first-order chi connectivity index (χ1) is 10.3. The molecule has 0 N–H and O–H groups in total. The summed E-state index contributed by atoms with van der Waals surface area (Å²) in [4.78, 5) is 11.0. The standard InChI is InChI=1S/C15H24BN3O3/c1-14(2)15(3,4)22-16(21-14)11-8-17-13(18-9-11)19(5)12-6-7-20-10-12/h8-9,12H,6-7,10H2,1-5H3. The van der Waals surface area contributed by atoms with Crippen LogP contribution in [-0.2, 0) is 14.0 Å². The van der Waals surface area contributed by atoms with Crippen molar-refractivity contribution >= 4 is 18.5 Å². The molecular weight excluding hydrogens is 281 g/mol. The third kappa shape index (κ3) is 2.73. The summed E-state index contributed by atoms with van der Waals surface area (Å²) in [5.74, 6) is 0.704. The molecule has 0 radical (unpaired) electrons. The van der Waals surface area contributed by atoms with E-state index in [4.69, 9.17) is 14.0 Å². The van der Waals surface area contributed by atoms with Crippen molar-refractivity contribution in [3.05, 3.63) is 12.4 Å². The summed E-state index contributed by atoms with van der Waals surface area (Å²) in [5, 5.41) is 0. The summed E-state index contributed by atoms with van der Waals surface area (Å²) < 4.78 is 17.4. The van der Waals surface area contributed by atoms with Crippen LogP contribution in [0.4, 0.5) is 5.95 Å². The fourth-order valence-corrected chi connectivity index (χ4v) is 2.61. The number of anilines is 1. The summed E-state index contributed by atoms with van der Waals surface area (Å²) in [5.41, 5.74) is 0.140. The van der Waals surface area contributed by atoms with Gasteiger partial charge in [0.1, 0.15) is 0 Å². The average molecular weight is 305 g/mol. The van der Waals surface area contributed by atoms with E-state index in [-0.39, 0.29) is 11.2 Å². The molecule has 22 heavy (non-hydrogen) atoms. The van der Waals surface area contributed by atoms with Crippen LogP contribution in [0.15, 0.2) is 12.4 Å². The number of hydrogen-bond acceptors (Lipinski definition) is 6. The van der Waals surface area contributed by atoms with Gasteiger partial charge >= 0.3 is 7.12 Å². The van der Waals surface area contributed by atoms with Gasteiger partial charge in [-0.25, -0.2) is 9.97 Å². The zero-order valence-electron chi connectivity index (χ0n) is 14.0. The molecule has 2 fully saturated rings. The molecule has 3 rings (SSSR count). The molecule has 0 bridgehead atoms. The van der Waals surface area contributed by atoms with Crippen molar-refractivity contribution in [3.63, 3.8) is 0 Å². The predicted molar refractivity (Wildman–Crippen MR) is 85.4 cm³/mol. The molecule has 1 atom stereocenters. The molecule has 0 spiro atoms. The smallest absolute Gasteiger partial charge is 0.399 e. The molecule has 0 saturated carbocycles. The summed E-state index contributed by atoms with van der Waals surface area (Å²) in [7, 11) is 1.59. The lowest BCUT2D eigenvalue weighted by Crippen LogP contribution is -2.41. The normalized spacial score (nSPS) is 26.4. The van der Waals surface area contributed by atoms with Crippen molar-refractivity contribution in [2.75, 3.05) is 25.2 Å². The summed E-state index contributed by atoms with van der Waals surface area (Å²) in [6.45, 7) is 9.69. The Bertz CT molecular complexity index is 513. The van der Waals surface area contributed by atoms with Crippen molar-refractivity contribution in [1.29, 1.82) is 0 Å². The third-order valence-corrected chi connectivity index (χ3v) is 4.95. The number of ether oxygens (including phenoxy) is 1. The summed E-state index contributed by atoms with van der Waals surface area (Å²) >= 11 is 0. The first kappa shape index (κ1) is 15.7. The van der Waals surface area contributed by atoms with Gasteiger partial charge in [0.25, 0.3) is 0 Å². The Hall–Kier alpha value is -1.18. The molecule has 6 nitrogen and oxygen atoms in total. The highest BCUT2D eigenvalue weighted by Crippen LogP contribution is 2.36. The van der Waals surface area contributed by atoms with Gasteiger partial charge in [-0.15, -0.1) is 0 Å². The predicted octanol–water partition coefficient (Wildman–Crippen LogP) is 1.00. The average Bonchev–Trinajstić information content (AvgIpc) is 3.05. The zero-order chi connectivity index (χ0) is 16.0. The topological polar surface area (TPSA) is 56.7 Å². The second kappa shape index (κ2) is 5.47. The van der Waals surface area contributed by atoms with Crippen molar-refractivity contribution < 1.29 is 14.0 Å². The molecule has 3 heterocycles. The minimum atomic E-state index is -0.417. The van der Waals surface area contributed by atoms with E-state index >= 15 is 0 Å². The van der Waals surface area contributed by atoms with E-state index in [1.807, 2.05) is 34.7 Å². The lowest BCUT2D eigenvalue weighted by Gasteiger charge is -2.32. The molecule has 120 valence electrons. The highest BCUT2D eigenvalue weighted by Gasteiger charge is 2.52. The van der Waals surface area contributed by atoms with Crippen LogP contribution in [0, 0.1) is 0 Å². The summed E-state index contributed by atoms with van der Waals surface area (Å²) in [6, 6.07) is 0.350. The fraction of sp³-hybridized carbons (Fsp3) is 0.733. The third-order valence-electron chi connectivity index (χ3n) is 4.95. The van der Waals surface area contributed by atoms with E-state index < -0.39 is 7.12 Å². The van der Waals surface area contributed by atoms with Crippen molar-refractivity contribution in [2.24, 2.45) is 0 Å². The SMILES string of the molecule is CN(c1ncc(B2OC(C)(C)C(C)(C)O2)cn1)C1CCOC1. The van der Waals surface area contributed by atoms with E-state index in [0.717, 1.165) is 25.1 Å². The molecule has 1 unspecified atom stereocenters. The summed E-state index contributed by atoms with van der Waals surface area (Å²) in [6.07, 6.45) is 4.59.